The second-order valence-corrected chi connectivity index (χ2v) is 7.79. The van der Waals surface area contributed by atoms with Gasteiger partial charge in [-0.2, -0.15) is 0 Å². The summed E-state index contributed by atoms with van der Waals surface area (Å²) in [7, 11) is 4.79. The minimum atomic E-state index is -0.686. The van der Waals surface area contributed by atoms with Crippen LogP contribution in [0.2, 0.25) is 4.34 Å². The molecule has 0 amide bonds. The lowest BCUT2D eigenvalue weighted by atomic mass is 10.1. The third-order valence-electron chi connectivity index (χ3n) is 4.16. The minimum Gasteiger partial charge on any atom is -0.493 e. The van der Waals surface area contributed by atoms with Gasteiger partial charge in [-0.25, -0.2) is 0 Å². The number of benzene rings is 1. The van der Waals surface area contributed by atoms with E-state index < -0.39 is 6.10 Å². The third-order valence-corrected chi connectivity index (χ3v) is 5.49. The molecule has 0 radical (unpaired) electrons. The average Bonchev–Trinajstić information content (AvgIpc) is 3.17. The summed E-state index contributed by atoms with van der Waals surface area (Å²) in [6.07, 6.45) is 0.00529. The largest absolute Gasteiger partial charge is 0.493 e. The molecule has 0 aliphatic carbocycles. The van der Waals surface area contributed by atoms with Crippen molar-refractivity contribution >= 4 is 28.9 Å². The third kappa shape index (κ3) is 6.42. The molecule has 0 saturated carbocycles. The van der Waals surface area contributed by atoms with Crippen LogP contribution in [0.25, 0.3) is 0 Å². The van der Waals surface area contributed by atoms with E-state index in [4.69, 9.17) is 25.8 Å². The topological polar surface area (TPSA) is 84.3 Å². The number of halogens is 1. The van der Waals surface area contributed by atoms with Crippen molar-refractivity contribution in [3.8, 4) is 17.2 Å². The van der Waals surface area contributed by atoms with Crippen molar-refractivity contribution < 1.29 is 19.3 Å². The molecule has 1 aromatic carbocycles. The van der Waals surface area contributed by atoms with Crippen LogP contribution in [0.15, 0.2) is 29.3 Å². The Morgan fingerprint density at radius 2 is 1.86 bits per heavy atom. The maximum atomic E-state index is 10.3. The zero-order chi connectivity index (χ0) is 21.2. The van der Waals surface area contributed by atoms with Crippen molar-refractivity contribution in [1.29, 1.82) is 0 Å². The minimum absolute atomic E-state index is 0.242. The molecule has 1 heterocycles. The molecule has 29 heavy (non-hydrogen) atoms. The van der Waals surface area contributed by atoms with E-state index in [2.05, 4.69) is 15.6 Å². The molecule has 1 atom stereocenters. The van der Waals surface area contributed by atoms with E-state index >= 15 is 0 Å². The molecule has 2 rings (SSSR count). The summed E-state index contributed by atoms with van der Waals surface area (Å²) in [5.74, 6) is 2.48. The van der Waals surface area contributed by atoms with Gasteiger partial charge < -0.3 is 30.0 Å². The lowest BCUT2D eigenvalue weighted by Gasteiger charge is -2.17. The molecule has 0 aliphatic rings. The second-order valence-electron chi connectivity index (χ2n) is 6.05. The highest BCUT2D eigenvalue weighted by atomic mass is 35.5. The fourth-order valence-corrected chi connectivity index (χ4v) is 3.83. The number of nitrogens with one attached hydrogen (secondary N) is 2. The lowest BCUT2D eigenvalue weighted by Crippen LogP contribution is -2.38. The van der Waals surface area contributed by atoms with E-state index in [1.807, 2.05) is 25.1 Å². The SMILES string of the molecule is CCNC(=NCC(O)c1ccc(Cl)s1)NCCc1ccc(OC)c(OC)c1OC. The molecular weight excluding hydrogens is 414 g/mol. The highest BCUT2D eigenvalue weighted by Crippen LogP contribution is 2.39. The van der Waals surface area contributed by atoms with E-state index in [-0.39, 0.29) is 6.54 Å². The highest BCUT2D eigenvalue weighted by Gasteiger charge is 2.15. The number of rotatable bonds is 10. The number of thiophene rings is 1. The van der Waals surface area contributed by atoms with E-state index in [1.54, 1.807) is 27.4 Å². The molecule has 9 heteroatoms. The molecule has 0 aliphatic heterocycles. The normalized spacial score (nSPS) is 12.4. The molecule has 3 N–H and O–H groups in total. The number of hydrogen-bond acceptors (Lipinski definition) is 6. The fourth-order valence-electron chi connectivity index (χ4n) is 2.79. The van der Waals surface area contributed by atoms with Gasteiger partial charge in [0.05, 0.1) is 32.2 Å². The van der Waals surface area contributed by atoms with Gasteiger partial charge in [-0.3, -0.25) is 4.99 Å². The number of methoxy groups -OCH3 is 3. The summed E-state index contributed by atoms with van der Waals surface area (Å²) in [4.78, 5) is 5.26. The fraction of sp³-hybridized carbons (Fsp3) is 0.450. The molecule has 1 unspecified atom stereocenters. The molecule has 2 aromatic rings. The first kappa shape index (κ1) is 23.1. The number of ether oxygens (including phenoxy) is 3. The van der Waals surface area contributed by atoms with Crippen molar-refractivity contribution in [1.82, 2.24) is 10.6 Å². The number of guanidine groups is 1. The first-order valence-electron chi connectivity index (χ1n) is 9.27. The number of nitrogens with zero attached hydrogens (tertiary/aromatic N) is 1. The first-order chi connectivity index (χ1) is 14.0. The summed E-state index contributed by atoms with van der Waals surface area (Å²) in [5, 5.41) is 16.7. The summed E-state index contributed by atoms with van der Waals surface area (Å²) >= 11 is 7.28. The van der Waals surface area contributed by atoms with Gasteiger partial charge in [0.2, 0.25) is 5.75 Å². The Hall–Kier alpha value is -2.16. The molecule has 7 nitrogen and oxygen atoms in total. The van der Waals surface area contributed by atoms with E-state index in [0.29, 0.717) is 47.1 Å². The maximum absolute atomic E-state index is 10.3. The Bertz CT molecular complexity index is 813. The molecule has 0 saturated heterocycles. The van der Waals surface area contributed by atoms with Gasteiger partial charge in [0.25, 0.3) is 0 Å². The van der Waals surface area contributed by atoms with E-state index in [1.165, 1.54) is 11.3 Å². The van der Waals surface area contributed by atoms with Crippen LogP contribution in [0.5, 0.6) is 17.2 Å². The van der Waals surface area contributed by atoms with Crippen molar-refractivity contribution in [2.24, 2.45) is 4.99 Å². The summed E-state index contributed by atoms with van der Waals surface area (Å²) in [6.45, 7) is 3.57. The number of aliphatic hydroxyl groups excluding tert-OH is 1. The Labute approximate surface area is 180 Å². The summed E-state index contributed by atoms with van der Waals surface area (Å²) < 4.78 is 16.9. The summed E-state index contributed by atoms with van der Waals surface area (Å²) in [5.41, 5.74) is 0.988. The second kappa shape index (κ2) is 11.7. The van der Waals surface area contributed by atoms with Crippen molar-refractivity contribution in [3.63, 3.8) is 0 Å². The maximum Gasteiger partial charge on any atom is 0.203 e. The summed E-state index contributed by atoms with van der Waals surface area (Å²) in [6, 6.07) is 7.40. The Morgan fingerprint density at radius 3 is 2.45 bits per heavy atom. The van der Waals surface area contributed by atoms with Crippen molar-refractivity contribution in [2.45, 2.75) is 19.4 Å². The number of aliphatic hydroxyl groups is 1. The highest BCUT2D eigenvalue weighted by molar-refractivity contribution is 7.16. The molecule has 1 aromatic heterocycles. The van der Waals surface area contributed by atoms with Gasteiger partial charge in [-0.1, -0.05) is 17.7 Å². The quantitative estimate of drug-likeness (QED) is 0.387. The van der Waals surface area contributed by atoms with Crippen LogP contribution in [0, 0.1) is 0 Å². The number of hydrogen-bond donors (Lipinski definition) is 3. The molecule has 0 fully saturated rings. The van der Waals surface area contributed by atoms with Crippen LogP contribution in [0.3, 0.4) is 0 Å². The van der Waals surface area contributed by atoms with Crippen molar-refractivity contribution in [2.75, 3.05) is 41.0 Å². The van der Waals surface area contributed by atoms with Crippen LogP contribution in [-0.2, 0) is 6.42 Å². The van der Waals surface area contributed by atoms with Crippen LogP contribution in [0.1, 0.15) is 23.5 Å². The molecular formula is C20H28ClN3O4S. The van der Waals surface area contributed by atoms with Crippen LogP contribution in [-0.4, -0.2) is 52.0 Å². The van der Waals surface area contributed by atoms with Crippen molar-refractivity contribution in [3.05, 3.63) is 39.0 Å². The lowest BCUT2D eigenvalue weighted by molar-refractivity contribution is 0.191. The van der Waals surface area contributed by atoms with Crippen LogP contribution in [0.4, 0.5) is 0 Å². The van der Waals surface area contributed by atoms with Gasteiger partial charge in [0.15, 0.2) is 17.5 Å². The standard InChI is InChI=1S/C20H28ClN3O4S/c1-5-22-20(24-12-14(25)16-8-9-17(21)29-16)23-11-10-13-6-7-15(26-2)19(28-4)18(13)27-3/h6-9,14,25H,5,10-12H2,1-4H3,(H2,22,23,24). The van der Waals surface area contributed by atoms with Crippen LogP contribution >= 0.6 is 22.9 Å². The Kier molecular flexibility index (Phi) is 9.37. The molecule has 160 valence electrons. The van der Waals surface area contributed by atoms with Gasteiger partial charge in [0, 0.05) is 23.5 Å². The van der Waals surface area contributed by atoms with E-state index in [9.17, 15) is 5.11 Å². The average molecular weight is 442 g/mol. The number of aliphatic imine (C=N–C) groups is 1. The van der Waals surface area contributed by atoms with Gasteiger partial charge in [-0.05, 0) is 31.5 Å². The smallest absolute Gasteiger partial charge is 0.203 e. The monoisotopic (exact) mass is 441 g/mol. The van der Waals surface area contributed by atoms with Gasteiger partial charge >= 0.3 is 0 Å². The predicted molar refractivity (Wildman–Crippen MR) is 118 cm³/mol. The molecule has 0 bridgehead atoms. The van der Waals surface area contributed by atoms with E-state index in [0.717, 1.165) is 10.4 Å². The zero-order valence-electron chi connectivity index (χ0n) is 17.1. The zero-order valence-corrected chi connectivity index (χ0v) is 18.7. The molecule has 0 spiro atoms. The van der Waals surface area contributed by atoms with Crippen LogP contribution < -0.4 is 24.8 Å². The Morgan fingerprint density at radius 1 is 1.10 bits per heavy atom. The van der Waals surface area contributed by atoms with Gasteiger partial charge in [-0.15, -0.1) is 11.3 Å². The van der Waals surface area contributed by atoms with Gasteiger partial charge in [0.1, 0.15) is 6.10 Å². The predicted octanol–water partition coefficient (Wildman–Crippen LogP) is 3.26. The first-order valence-corrected chi connectivity index (χ1v) is 10.5. The Balaban J connectivity index is 2.00.